The summed E-state index contributed by atoms with van der Waals surface area (Å²) in [6, 6.07) is 6.73. The van der Waals surface area contributed by atoms with E-state index in [0.717, 1.165) is 25.9 Å². The quantitative estimate of drug-likeness (QED) is 0.680. The summed E-state index contributed by atoms with van der Waals surface area (Å²) in [7, 11) is 0. The maximum absolute atomic E-state index is 12.5. The Morgan fingerprint density at radius 1 is 1.04 bits per heavy atom. The molecule has 0 saturated heterocycles. The van der Waals surface area contributed by atoms with Crippen LogP contribution in [0.5, 0.6) is 0 Å². The van der Waals surface area contributed by atoms with Crippen molar-refractivity contribution in [2.24, 2.45) is 0 Å². The van der Waals surface area contributed by atoms with Crippen molar-refractivity contribution < 1.29 is 14.3 Å². The molecule has 7 nitrogen and oxygen atoms in total. The number of amides is 1. The lowest BCUT2D eigenvalue weighted by Crippen LogP contribution is -2.27. The molecule has 0 fully saturated rings. The molecule has 0 aliphatic rings. The molecule has 0 radical (unpaired) electrons. The molecule has 1 aromatic carbocycles. The van der Waals surface area contributed by atoms with Gasteiger partial charge >= 0.3 is 5.97 Å². The zero-order valence-corrected chi connectivity index (χ0v) is 16.1. The molecule has 1 amide bonds. The van der Waals surface area contributed by atoms with Gasteiger partial charge in [-0.1, -0.05) is 26.0 Å². The third kappa shape index (κ3) is 5.51. The van der Waals surface area contributed by atoms with Gasteiger partial charge in [0.1, 0.15) is 0 Å². The van der Waals surface area contributed by atoms with Gasteiger partial charge < -0.3 is 15.0 Å². The highest BCUT2D eigenvalue weighted by Gasteiger charge is 2.16. The molecule has 0 spiro atoms. The number of hydrogen-bond donors (Lipinski definition) is 1. The number of carbonyl (C=O) groups excluding carboxylic acids is 2. The number of benzene rings is 1. The van der Waals surface area contributed by atoms with Crippen molar-refractivity contribution in [3.8, 4) is 0 Å². The summed E-state index contributed by atoms with van der Waals surface area (Å²) in [5.74, 6) is -0.243. The van der Waals surface area contributed by atoms with E-state index in [0.29, 0.717) is 22.8 Å². The van der Waals surface area contributed by atoms with Crippen molar-refractivity contribution in [2.75, 3.05) is 29.9 Å². The Kier molecular flexibility index (Phi) is 7.73. The highest BCUT2D eigenvalue weighted by Crippen LogP contribution is 2.17. The monoisotopic (exact) mass is 370 g/mol. The Labute approximate surface area is 159 Å². The average molecular weight is 370 g/mol. The number of esters is 1. The number of hydrogen-bond acceptors (Lipinski definition) is 6. The van der Waals surface area contributed by atoms with Gasteiger partial charge in [0.05, 0.1) is 23.4 Å². The van der Waals surface area contributed by atoms with E-state index in [-0.39, 0.29) is 12.5 Å². The Morgan fingerprint density at radius 2 is 1.67 bits per heavy atom. The van der Waals surface area contributed by atoms with Gasteiger partial charge in [-0.15, -0.1) is 0 Å². The van der Waals surface area contributed by atoms with E-state index in [1.54, 1.807) is 31.2 Å². The van der Waals surface area contributed by atoms with Crippen molar-refractivity contribution in [2.45, 2.75) is 33.6 Å². The molecule has 0 aliphatic heterocycles. The molecule has 1 heterocycles. The largest absolute Gasteiger partial charge is 0.462 e. The fraction of sp³-hybridized carbons (Fsp3) is 0.400. The first-order valence-corrected chi connectivity index (χ1v) is 9.25. The molecular formula is C20H26N4O3. The van der Waals surface area contributed by atoms with Crippen molar-refractivity contribution >= 4 is 23.5 Å². The number of nitrogens with zero attached hydrogens (tertiary/aromatic N) is 3. The number of anilines is 2. The minimum atomic E-state index is -0.477. The van der Waals surface area contributed by atoms with Crippen LogP contribution in [0.15, 0.2) is 36.7 Å². The van der Waals surface area contributed by atoms with Crippen LogP contribution in [0.3, 0.4) is 0 Å². The Morgan fingerprint density at radius 3 is 2.26 bits per heavy atom. The smallest absolute Gasteiger partial charge is 0.340 e. The highest BCUT2D eigenvalue weighted by molar-refractivity contribution is 6.07. The second-order valence-corrected chi connectivity index (χ2v) is 5.98. The third-order valence-electron chi connectivity index (χ3n) is 3.84. The minimum absolute atomic E-state index is 0.266. The van der Waals surface area contributed by atoms with Crippen LogP contribution in [0, 0.1) is 0 Å². The number of aromatic nitrogens is 2. The molecule has 7 heteroatoms. The molecule has 27 heavy (non-hydrogen) atoms. The molecule has 0 unspecified atom stereocenters. The summed E-state index contributed by atoms with van der Waals surface area (Å²) in [5.41, 5.74) is 1.02. The first-order valence-electron chi connectivity index (χ1n) is 9.25. The fourth-order valence-electron chi connectivity index (χ4n) is 2.63. The number of para-hydroxylation sites is 1. The van der Waals surface area contributed by atoms with E-state index in [1.165, 1.54) is 12.4 Å². The van der Waals surface area contributed by atoms with Gasteiger partial charge in [0.2, 0.25) is 5.95 Å². The second kappa shape index (κ2) is 10.3. The lowest BCUT2D eigenvalue weighted by Gasteiger charge is -2.21. The molecule has 0 saturated carbocycles. The normalized spacial score (nSPS) is 10.3. The Hall–Kier alpha value is -2.96. The Bertz CT molecular complexity index is 756. The summed E-state index contributed by atoms with van der Waals surface area (Å²) in [6.45, 7) is 7.94. The molecule has 1 aromatic heterocycles. The average Bonchev–Trinajstić information content (AvgIpc) is 2.68. The van der Waals surface area contributed by atoms with Gasteiger partial charge in [0, 0.05) is 25.5 Å². The van der Waals surface area contributed by atoms with Crippen LogP contribution in [-0.2, 0) is 4.74 Å². The molecule has 0 atom stereocenters. The predicted octanol–water partition coefficient (Wildman–Crippen LogP) is 3.53. The van der Waals surface area contributed by atoms with Crippen molar-refractivity contribution in [1.82, 2.24) is 9.97 Å². The maximum atomic E-state index is 12.5. The maximum Gasteiger partial charge on any atom is 0.340 e. The first-order chi connectivity index (χ1) is 13.1. The number of ether oxygens (including phenoxy) is 1. The number of rotatable bonds is 9. The predicted molar refractivity (Wildman–Crippen MR) is 105 cm³/mol. The summed E-state index contributed by atoms with van der Waals surface area (Å²) in [4.78, 5) is 35.3. The van der Waals surface area contributed by atoms with Crippen LogP contribution in [0.1, 0.15) is 54.3 Å². The van der Waals surface area contributed by atoms with E-state index in [4.69, 9.17) is 4.74 Å². The lowest BCUT2D eigenvalue weighted by molar-refractivity contribution is 0.0527. The molecule has 1 N–H and O–H groups in total. The second-order valence-electron chi connectivity index (χ2n) is 5.98. The van der Waals surface area contributed by atoms with Crippen LogP contribution >= 0.6 is 0 Å². The zero-order chi connectivity index (χ0) is 19.6. The summed E-state index contributed by atoms with van der Waals surface area (Å²) in [5, 5.41) is 2.73. The summed E-state index contributed by atoms with van der Waals surface area (Å²) in [6.07, 6.45) is 5.00. The highest BCUT2D eigenvalue weighted by atomic mass is 16.5. The molecule has 2 aromatic rings. The van der Waals surface area contributed by atoms with E-state index >= 15 is 0 Å². The van der Waals surface area contributed by atoms with Crippen LogP contribution < -0.4 is 10.2 Å². The molecular weight excluding hydrogens is 344 g/mol. The van der Waals surface area contributed by atoms with Gasteiger partial charge in [-0.05, 0) is 31.9 Å². The summed E-state index contributed by atoms with van der Waals surface area (Å²) >= 11 is 0. The lowest BCUT2D eigenvalue weighted by atomic mass is 10.1. The van der Waals surface area contributed by atoms with Crippen molar-refractivity contribution in [3.05, 3.63) is 47.8 Å². The van der Waals surface area contributed by atoms with Crippen LogP contribution in [0.4, 0.5) is 11.6 Å². The molecule has 0 bridgehead atoms. The van der Waals surface area contributed by atoms with Gasteiger partial charge in [-0.25, -0.2) is 14.8 Å². The number of nitrogens with one attached hydrogen (secondary N) is 1. The molecule has 144 valence electrons. The zero-order valence-electron chi connectivity index (χ0n) is 16.1. The van der Waals surface area contributed by atoms with Crippen LogP contribution in [0.25, 0.3) is 0 Å². The van der Waals surface area contributed by atoms with Gasteiger partial charge in [-0.2, -0.15) is 0 Å². The topological polar surface area (TPSA) is 84.4 Å². The van der Waals surface area contributed by atoms with E-state index in [9.17, 15) is 9.59 Å². The third-order valence-corrected chi connectivity index (χ3v) is 3.84. The van der Waals surface area contributed by atoms with Crippen molar-refractivity contribution in [3.63, 3.8) is 0 Å². The van der Waals surface area contributed by atoms with Crippen LogP contribution in [-0.4, -0.2) is 41.5 Å². The minimum Gasteiger partial charge on any atom is -0.462 e. The van der Waals surface area contributed by atoms with E-state index < -0.39 is 5.97 Å². The van der Waals surface area contributed by atoms with Gasteiger partial charge in [0.25, 0.3) is 5.91 Å². The number of carbonyl (C=O) groups is 2. The Balaban J connectivity index is 2.14. The van der Waals surface area contributed by atoms with Crippen LogP contribution in [0.2, 0.25) is 0 Å². The first kappa shape index (κ1) is 20.4. The van der Waals surface area contributed by atoms with Gasteiger partial charge in [0.15, 0.2) is 0 Å². The molecule has 0 aliphatic carbocycles. The summed E-state index contributed by atoms with van der Waals surface area (Å²) < 4.78 is 5.02. The van der Waals surface area contributed by atoms with Crippen molar-refractivity contribution in [1.29, 1.82) is 0 Å². The van der Waals surface area contributed by atoms with E-state index in [2.05, 4.69) is 34.0 Å². The van der Waals surface area contributed by atoms with E-state index in [1.807, 2.05) is 0 Å². The fourth-order valence-corrected chi connectivity index (χ4v) is 2.63. The molecule has 2 rings (SSSR count). The van der Waals surface area contributed by atoms with Gasteiger partial charge in [-0.3, -0.25) is 4.79 Å². The standard InChI is InChI=1S/C20H26N4O3/c1-4-11-24(12-5-2)20-21-13-15(14-22-20)18(25)23-17-10-8-7-9-16(17)19(26)27-6-3/h7-10,13-14H,4-6,11-12H2,1-3H3,(H,23,25). The SMILES string of the molecule is CCCN(CCC)c1ncc(C(=O)Nc2ccccc2C(=O)OCC)cn1.